The van der Waals surface area contributed by atoms with Gasteiger partial charge in [0.05, 0.1) is 11.4 Å². The number of nitrogens with two attached hydrogens (primary N) is 2. The Hall–Kier alpha value is -3.09. The van der Waals surface area contributed by atoms with Gasteiger partial charge in [-0.15, -0.1) is 0 Å². The van der Waals surface area contributed by atoms with Gasteiger partial charge in [0.25, 0.3) is 5.56 Å². The van der Waals surface area contributed by atoms with Gasteiger partial charge in [-0.25, -0.2) is 0 Å². The predicted molar refractivity (Wildman–Crippen MR) is 104 cm³/mol. The van der Waals surface area contributed by atoms with Gasteiger partial charge in [0, 0.05) is 17.8 Å². The quantitative estimate of drug-likeness (QED) is 0.667. The number of nitrogens with one attached hydrogen (secondary N) is 1. The van der Waals surface area contributed by atoms with Crippen LogP contribution in [0.5, 0.6) is 0 Å². The fraction of sp³-hybridized carbons (Fsp3) is 0.316. The molecule has 1 atom stereocenters. The molecule has 0 spiro atoms. The molecule has 1 aliphatic rings. The van der Waals surface area contributed by atoms with Crippen LogP contribution in [0.25, 0.3) is 10.8 Å². The van der Waals surface area contributed by atoms with Crippen molar-refractivity contribution >= 4 is 28.4 Å². The highest BCUT2D eigenvalue weighted by Crippen LogP contribution is 2.37. The Balaban J connectivity index is 1.82. The average Bonchev–Trinajstić information content (AvgIpc) is 3.38. The van der Waals surface area contributed by atoms with E-state index >= 15 is 0 Å². The molecule has 7 nitrogen and oxygen atoms in total. The summed E-state index contributed by atoms with van der Waals surface area (Å²) in [6.45, 7) is 3.98. The highest BCUT2D eigenvalue weighted by Gasteiger charge is 2.29. The van der Waals surface area contributed by atoms with Crippen LogP contribution in [0.3, 0.4) is 0 Å². The van der Waals surface area contributed by atoms with Crippen LogP contribution in [0.1, 0.15) is 43.1 Å². The summed E-state index contributed by atoms with van der Waals surface area (Å²) < 4.78 is 1.93. The van der Waals surface area contributed by atoms with E-state index in [0.717, 1.165) is 34.9 Å². The van der Waals surface area contributed by atoms with E-state index in [0.29, 0.717) is 11.6 Å². The molecule has 0 saturated heterocycles. The maximum Gasteiger partial charge on any atom is 0.259 e. The highest BCUT2D eigenvalue weighted by molar-refractivity contribution is 5.85. The van der Waals surface area contributed by atoms with Crippen molar-refractivity contribution in [3.63, 3.8) is 0 Å². The molecule has 7 heteroatoms. The number of nitrogens with zero attached hydrogens (tertiary/aromatic N) is 3. The van der Waals surface area contributed by atoms with Crippen molar-refractivity contribution in [2.45, 2.75) is 38.8 Å². The van der Waals surface area contributed by atoms with Crippen molar-refractivity contribution < 1.29 is 0 Å². The zero-order chi connectivity index (χ0) is 18.4. The molecule has 1 aromatic carbocycles. The molecular weight excluding hydrogens is 328 g/mol. The number of aromatic nitrogens is 3. The molecule has 1 fully saturated rings. The molecule has 4 rings (SSSR count). The highest BCUT2D eigenvalue weighted by atomic mass is 16.1. The Morgan fingerprint density at radius 2 is 2.00 bits per heavy atom. The SMILES string of the molecule is Cc1cccc2cc(C(C)Nc3cc(N)nc(N)n3)n(C3CC3)c(=O)c12. The van der Waals surface area contributed by atoms with E-state index in [9.17, 15) is 4.79 Å². The molecule has 0 bridgehead atoms. The Bertz CT molecular complexity index is 1030. The molecule has 1 aliphatic carbocycles. The Morgan fingerprint density at radius 3 is 2.69 bits per heavy atom. The Kier molecular flexibility index (Phi) is 3.79. The van der Waals surface area contributed by atoms with Gasteiger partial charge in [0.15, 0.2) is 0 Å². The third-order valence-electron chi connectivity index (χ3n) is 4.80. The first-order valence-corrected chi connectivity index (χ1v) is 8.75. The Morgan fingerprint density at radius 1 is 1.23 bits per heavy atom. The summed E-state index contributed by atoms with van der Waals surface area (Å²) >= 11 is 0. The number of hydrogen-bond acceptors (Lipinski definition) is 6. The topological polar surface area (TPSA) is 112 Å². The molecule has 2 aromatic heterocycles. The summed E-state index contributed by atoms with van der Waals surface area (Å²) in [4.78, 5) is 21.2. The lowest BCUT2D eigenvalue weighted by atomic mass is 10.0. The number of benzene rings is 1. The maximum atomic E-state index is 13.2. The lowest BCUT2D eigenvalue weighted by molar-refractivity contribution is 0.636. The van der Waals surface area contributed by atoms with Crippen molar-refractivity contribution in [1.29, 1.82) is 0 Å². The van der Waals surface area contributed by atoms with Gasteiger partial charge in [0.1, 0.15) is 11.6 Å². The van der Waals surface area contributed by atoms with Crippen molar-refractivity contribution in [1.82, 2.24) is 14.5 Å². The van der Waals surface area contributed by atoms with Crippen LogP contribution >= 0.6 is 0 Å². The monoisotopic (exact) mass is 350 g/mol. The van der Waals surface area contributed by atoms with Crippen molar-refractivity contribution in [3.05, 3.63) is 51.9 Å². The van der Waals surface area contributed by atoms with Crippen LogP contribution in [0.4, 0.5) is 17.6 Å². The molecule has 2 heterocycles. The van der Waals surface area contributed by atoms with Crippen LogP contribution in [0.15, 0.2) is 35.1 Å². The van der Waals surface area contributed by atoms with Crippen molar-refractivity contribution in [2.75, 3.05) is 16.8 Å². The number of fused-ring (bicyclic) bond motifs is 1. The summed E-state index contributed by atoms with van der Waals surface area (Å²) in [5.41, 5.74) is 13.4. The summed E-state index contributed by atoms with van der Waals surface area (Å²) in [5.74, 6) is 0.968. The zero-order valence-electron chi connectivity index (χ0n) is 14.9. The number of nitrogen functional groups attached to an aromatic ring is 2. The number of pyridine rings is 1. The van der Waals surface area contributed by atoms with Gasteiger partial charge < -0.3 is 21.4 Å². The number of aryl methyl sites for hydroxylation is 1. The number of rotatable bonds is 4. The third-order valence-corrected chi connectivity index (χ3v) is 4.80. The first-order valence-electron chi connectivity index (χ1n) is 8.75. The van der Waals surface area contributed by atoms with Crippen LogP contribution in [-0.4, -0.2) is 14.5 Å². The van der Waals surface area contributed by atoms with Crippen molar-refractivity contribution in [3.8, 4) is 0 Å². The van der Waals surface area contributed by atoms with Crippen LogP contribution < -0.4 is 22.3 Å². The molecule has 0 amide bonds. The van der Waals surface area contributed by atoms with Crippen LogP contribution in [-0.2, 0) is 0 Å². The van der Waals surface area contributed by atoms with E-state index in [2.05, 4.69) is 21.4 Å². The molecule has 0 radical (unpaired) electrons. The van der Waals surface area contributed by atoms with E-state index in [1.165, 1.54) is 0 Å². The standard InChI is InChI=1S/C19H22N6O/c1-10-4-3-5-12-8-14(25(13-6-7-13)18(26)17(10)12)11(2)22-16-9-15(20)23-19(21)24-16/h3-5,8-9,11,13H,6-7H2,1-2H3,(H5,20,21,22,23,24). The van der Waals surface area contributed by atoms with Crippen LogP contribution in [0, 0.1) is 6.92 Å². The first kappa shape index (κ1) is 16.4. The molecule has 1 saturated carbocycles. The van der Waals surface area contributed by atoms with E-state index < -0.39 is 0 Å². The number of anilines is 3. The molecule has 26 heavy (non-hydrogen) atoms. The largest absolute Gasteiger partial charge is 0.383 e. The molecule has 5 N–H and O–H groups in total. The van der Waals surface area contributed by atoms with Gasteiger partial charge in [0.2, 0.25) is 5.95 Å². The fourth-order valence-electron chi connectivity index (χ4n) is 3.47. The van der Waals surface area contributed by atoms with Gasteiger partial charge in [-0.1, -0.05) is 18.2 Å². The van der Waals surface area contributed by atoms with E-state index in [1.807, 2.05) is 36.6 Å². The van der Waals surface area contributed by atoms with E-state index in [1.54, 1.807) is 6.07 Å². The van der Waals surface area contributed by atoms with Gasteiger partial charge in [-0.2, -0.15) is 9.97 Å². The minimum atomic E-state index is -0.137. The summed E-state index contributed by atoms with van der Waals surface area (Å²) in [7, 11) is 0. The predicted octanol–water partition coefficient (Wildman–Crippen LogP) is 2.77. The minimum Gasteiger partial charge on any atom is -0.383 e. The van der Waals surface area contributed by atoms with Crippen molar-refractivity contribution in [2.24, 2.45) is 0 Å². The van der Waals surface area contributed by atoms with E-state index in [4.69, 9.17) is 11.5 Å². The van der Waals surface area contributed by atoms with Gasteiger partial charge in [-0.3, -0.25) is 4.79 Å². The lowest BCUT2D eigenvalue weighted by Gasteiger charge is -2.21. The smallest absolute Gasteiger partial charge is 0.259 e. The Labute approximate surface area is 151 Å². The second-order valence-corrected chi connectivity index (χ2v) is 6.92. The molecular formula is C19H22N6O. The maximum absolute atomic E-state index is 13.2. The van der Waals surface area contributed by atoms with Gasteiger partial charge >= 0.3 is 0 Å². The minimum absolute atomic E-state index is 0.0773. The normalized spacial score (nSPS) is 15.2. The lowest BCUT2D eigenvalue weighted by Crippen LogP contribution is -2.26. The molecule has 134 valence electrons. The third kappa shape index (κ3) is 2.85. The second-order valence-electron chi connectivity index (χ2n) is 6.92. The molecule has 1 unspecified atom stereocenters. The average molecular weight is 350 g/mol. The zero-order valence-corrected chi connectivity index (χ0v) is 14.9. The summed E-state index contributed by atoms with van der Waals surface area (Å²) in [5, 5.41) is 5.05. The summed E-state index contributed by atoms with van der Waals surface area (Å²) in [6.07, 6.45) is 2.06. The molecule has 0 aliphatic heterocycles. The second kappa shape index (κ2) is 6.01. The van der Waals surface area contributed by atoms with Crippen LogP contribution in [0.2, 0.25) is 0 Å². The first-order chi connectivity index (χ1) is 12.4. The van der Waals surface area contributed by atoms with E-state index in [-0.39, 0.29) is 23.6 Å². The molecule has 3 aromatic rings. The van der Waals surface area contributed by atoms with Gasteiger partial charge in [-0.05, 0) is 43.7 Å². The fourth-order valence-corrected chi connectivity index (χ4v) is 3.47. The summed E-state index contributed by atoms with van der Waals surface area (Å²) in [6, 6.07) is 9.80. The number of hydrogen-bond donors (Lipinski definition) is 3.